The van der Waals surface area contributed by atoms with Crippen LogP contribution >= 0.6 is 11.6 Å². The van der Waals surface area contributed by atoms with Crippen LogP contribution in [0.4, 0.5) is 0 Å². The number of carbonyl (C=O) groups excluding carboxylic acids is 1. The number of carbonyl (C=O) groups is 1. The minimum absolute atomic E-state index is 0.0941. The maximum Gasteiger partial charge on any atom is 0.251 e. The van der Waals surface area contributed by atoms with Gasteiger partial charge in [0.15, 0.2) is 0 Å². The lowest BCUT2D eigenvalue weighted by atomic mass is 10.1. The molecule has 1 rings (SSSR count). The normalized spacial score (nSPS) is 11.2. The summed E-state index contributed by atoms with van der Waals surface area (Å²) in [4.78, 5) is 18.6. The first-order chi connectivity index (χ1) is 9.47. The van der Waals surface area contributed by atoms with Gasteiger partial charge in [-0.3, -0.25) is 4.79 Å². The number of amides is 1. The zero-order valence-corrected chi connectivity index (χ0v) is 13.5. The quantitative estimate of drug-likeness (QED) is 0.787. The topological polar surface area (TPSA) is 45.2 Å². The average Bonchev–Trinajstić information content (AvgIpc) is 2.42. The number of aromatic nitrogens is 1. The lowest BCUT2D eigenvalue weighted by Gasteiger charge is -2.18. The van der Waals surface area contributed by atoms with Gasteiger partial charge in [-0.25, -0.2) is 4.98 Å². The van der Waals surface area contributed by atoms with E-state index in [1.165, 1.54) is 0 Å². The maximum atomic E-state index is 12.1. The number of nitrogens with zero attached hydrogens (tertiary/aromatic N) is 2. The van der Waals surface area contributed by atoms with Crippen LogP contribution < -0.4 is 5.32 Å². The number of halogens is 1. The van der Waals surface area contributed by atoms with Gasteiger partial charge in [0.25, 0.3) is 5.91 Å². The van der Waals surface area contributed by atoms with Crippen molar-refractivity contribution in [1.82, 2.24) is 15.2 Å². The third-order valence-electron chi connectivity index (χ3n) is 3.28. The summed E-state index contributed by atoms with van der Waals surface area (Å²) in [6.07, 6.45) is 0. The fourth-order valence-electron chi connectivity index (χ4n) is 1.91. The van der Waals surface area contributed by atoms with E-state index in [9.17, 15) is 4.79 Å². The average molecular weight is 298 g/mol. The van der Waals surface area contributed by atoms with Crippen molar-refractivity contribution in [3.63, 3.8) is 0 Å². The molecule has 0 bridgehead atoms. The highest BCUT2D eigenvalue weighted by Crippen LogP contribution is 2.17. The molecule has 0 aliphatic carbocycles. The number of pyridine rings is 1. The molecule has 0 aliphatic heterocycles. The number of nitrogens with one attached hydrogen (secondary N) is 1. The molecule has 112 valence electrons. The van der Waals surface area contributed by atoms with E-state index < -0.39 is 0 Å². The molecule has 5 heteroatoms. The van der Waals surface area contributed by atoms with Crippen molar-refractivity contribution in [3.05, 3.63) is 28.5 Å². The van der Waals surface area contributed by atoms with Crippen molar-refractivity contribution in [3.8, 4) is 0 Å². The van der Waals surface area contributed by atoms with E-state index >= 15 is 0 Å². The zero-order valence-electron chi connectivity index (χ0n) is 12.7. The van der Waals surface area contributed by atoms with Crippen molar-refractivity contribution in [2.24, 2.45) is 0 Å². The summed E-state index contributed by atoms with van der Waals surface area (Å²) < 4.78 is 0. The van der Waals surface area contributed by atoms with Crippen LogP contribution in [0.2, 0.25) is 5.15 Å². The van der Waals surface area contributed by atoms with Gasteiger partial charge < -0.3 is 10.2 Å². The first-order valence-corrected chi connectivity index (χ1v) is 7.53. The van der Waals surface area contributed by atoms with Gasteiger partial charge in [0.2, 0.25) is 0 Å². The summed E-state index contributed by atoms with van der Waals surface area (Å²) in [5.41, 5.74) is 1.42. The van der Waals surface area contributed by atoms with Crippen LogP contribution in [0.1, 0.15) is 49.7 Å². The molecule has 1 aromatic rings. The first kappa shape index (κ1) is 16.9. The highest BCUT2D eigenvalue weighted by atomic mass is 35.5. The Bertz CT molecular complexity index is 445. The highest BCUT2D eigenvalue weighted by Gasteiger charge is 2.11. The molecule has 1 heterocycles. The van der Waals surface area contributed by atoms with Crippen molar-refractivity contribution in [2.45, 2.75) is 33.6 Å². The Kier molecular flexibility index (Phi) is 6.96. The van der Waals surface area contributed by atoms with Gasteiger partial charge in [-0.1, -0.05) is 39.3 Å². The van der Waals surface area contributed by atoms with Crippen LogP contribution in [-0.2, 0) is 0 Å². The lowest BCUT2D eigenvalue weighted by molar-refractivity contribution is 0.0948. The van der Waals surface area contributed by atoms with Crippen molar-refractivity contribution in [1.29, 1.82) is 0 Å². The van der Waals surface area contributed by atoms with E-state index in [0.717, 1.165) is 25.3 Å². The number of rotatable bonds is 7. The monoisotopic (exact) mass is 297 g/mol. The van der Waals surface area contributed by atoms with E-state index in [-0.39, 0.29) is 11.8 Å². The number of hydrogen-bond donors (Lipinski definition) is 1. The maximum absolute atomic E-state index is 12.1. The van der Waals surface area contributed by atoms with Crippen molar-refractivity contribution < 1.29 is 4.79 Å². The van der Waals surface area contributed by atoms with Crippen molar-refractivity contribution in [2.75, 3.05) is 26.2 Å². The van der Waals surface area contributed by atoms with E-state index in [4.69, 9.17) is 11.6 Å². The Hall–Kier alpha value is -1.13. The molecule has 20 heavy (non-hydrogen) atoms. The van der Waals surface area contributed by atoms with Crippen LogP contribution in [0, 0.1) is 0 Å². The second-order valence-corrected chi connectivity index (χ2v) is 5.43. The first-order valence-electron chi connectivity index (χ1n) is 7.15. The summed E-state index contributed by atoms with van der Waals surface area (Å²) in [6, 6.07) is 3.42. The molecule has 1 N–H and O–H groups in total. The van der Waals surface area contributed by atoms with Crippen LogP contribution in [0.25, 0.3) is 0 Å². The molecule has 0 saturated heterocycles. The molecule has 0 fully saturated rings. The SMILES string of the molecule is CCN(CC)CCNC(=O)c1cc(Cl)nc(C(C)C)c1. The molecule has 0 unspecified atom stereocenters. The van der Waals surface area contributed by atoms with Gasteiger partial charge in [0.1, 0.15) is 5.15 Å². The fourth-order valence-corrected chi connectivity index (χ4v) is 2.13. The Balaban J connectivity index is 2.63. The van der Waals surface area contributed by atoms with E-state index in [1.807, 2.05) is 19.9 Å². The van der Waals surface area contributed by atoms with Gasteiger partial charge in [-0.05, 0) is 31.1 Å². The van der Waals surface area contributed by atoms with Gasteiger partial charge in [-0.15, -0.1) is 0 Å². The van der Waals surface area contributed by atoms with E-state index in [2.05, 4.69) is 29.0 Å². The minimum Gasteiger partial charge on any atom is -0.351 e. The van der Waals surface area contributed by atoms with Gasteiger partial charge >= 0.3 is 0 Å². The van der Waals surface area contributed by atoms with Crippen LogP contribution in [0.3, 0.4) is 0 Å². The summed E-state index contributed by atoms with van der Waals surface area (Å²) in [7, 11) is 0. The Morgan fingerprint density at radius 3 is 2.55 bits per heavy atom. The van der Waals surface area contributed by atoms with Crippen LogP contribution in [-0.4, -0.2) is 42.0 Å². The minimum atomic E-state index is -0.0941. The second kappa shape index (κ2) is 8.22. The molecule has 0 radical (unpaired) electrons. The predicted octanol–water partition coefficient (Wildman–Crippen LogP) is 2.93. The Morgan fingerprint density at radius 1 is 1.35 bits per heavy atom. The Morgan fingerprint density at radius 2 is 2.00 bits per heavy atom. The molecule has 1 amide bonds. The van der Waals surface area contributed by atoms with Crippen molar-refractivity contribution >= 4 is 17.5 Å². The van der Waals surface area contributed by atoms with Gasteiger partial charge in [-0.2, -0.15) is 0 Å². The van der Waals surface area contributed by atoms with E-state index in [0.29, 0.717) is 17.3 Å². The molecular weight excluding hydrogens is 274 g/mol. The molecule has 1 aromatic heterocycles. The Labute approximate surface area is 126 Å². The van der Waals surface area contributed by atoms with E-state index in [1.54, 1.807) is 6.07 Å². The molecular formula is C15H24ClN3O. The third-order valence-corrected chi connectivity index (χ3v) is 3.47. The molecule has 0 aliphatic rings. The largest absolute Gasteiger partial charge is 0.351 e. The molecule has 0 atom stereocenters. The zero-order chi connectivity index (χ0) is 15.1. The van der Waals surface area contributed by atoms with Crippen LogP contribution in [0.5, 0.6) is 0 Å². The predicted molar refractivity (Wildman–Crippen MR) is 83.5 cm³/mol. The molecule has 0 spiro atoms. The lowest BCUT2D eigenvalue weighted by Crippen LogP contribution is -2.34. The second-order valence-electron chi connectivity index (χ2n) is 5.04. The number of likely N-dealkylation sites (N-methyl/N-ethyl adjacent to an activating group) is 1. The third kappa shape index (κ3) is 5.10. The molecule has 4 nitrogen and oxygen atoms in total. The fraction of sp³-hybridized carbons (Fsp3) is 0.600. The summed E-state index contributed by atoms with van der Waals surface area (Å²) in [6.45, 7) is 11.8. The smallest absolute Gasteiger partial charge is 0.251 e. The molecule has 0 saturated carbocycles. The van der Waals surface area contributed by atoms with Gasteiger partial charge in [0, 0.05) is 24.3 Å². The standard InChI is InChI=1S/C15H24ClN3O/c1-5-19(6-2)8-7-17-15(20)12-9-13(11(3)4)18-14(16)10-12/h9-11H,5-8H2,1-4H3,(H,17,20). The highest BCUT2D eigenvalue weighted by molar-refractivity contribution is 6.29. The van der Waals surface area contributed by atoms with Crippen LogP contribution in [0.15, 0.2) is 12.1 Å². The number of hydrogen-bond acceptors (Lipinski definition) is 3. The summed E-state index contributed by atoms with van der Waals surface area (Å²) in [5, 5.41) is 3.29. The summed E-state index contributed by atoms with van der Waals surface area (Å²) in [5.74, 6) is 0.152. The molecule has 0 aromatic carbocycles. The van der Waals surface area contributed by atoms with Gasteiger partial charge in [0.05, 0.1) is 0 Å². The summed E-state index contributed by atoms with van der Waals surface area (Å²) >= 11 is 5.97.